The van der Waals surface area contributed by atoms with Crippen molar-refractivity contribution in [3.8, 4) is 0 Å². The lowest BCUT2D eigenvalue weighted by Gasteiger charge is -2.11. The van der Waals surface area contributed by atoms with Gasteiger partial charge in [0.25, 0.3) is 5.56 Å². The molecule has 2 aromatic rings. The molecule has 0 saturated carbocycles. The fraction of sp³-hybridized carbons (Fsp3) is 0.278. The molecule has 142 valence electrons. The average Bonchev–Trinajstić information content (AvgIpc) is 2.60. The molecule has 9 heteroatoms. The van der Waals surface area contributed by atoms with Crippen molar-refractivity contribution in [2.75, 3.05) is 12.4 Å². The number of rotatable bonds is 7. The number of hydrogen-bond donors (Lipinski definition) is 2. The molecule has 27 heavy (non-hydrogen) atoms. The zero-order chi connectivity index (χ0) is 20.0. The van der Waals surface area contributed by atoms with Crippen LogP contribution in [0.1, 0.15) is 29.9 Å². The number of aromatic amines is 1. The molecule has 1 amide bonds. The van der Waals surface area contributed by atoms with Crippen molar-refractivity contribution in [1.82, 2.24) is 9.97 Å². The van der Waals surface area contributed by atoms with Gasteiger partial charge in [0.15, 0.2) is 10.9 Å². The van der Waals surface area contributed by atoms with Crippen LogP contribution in [-0.4, -0.2) is 40.0 Å². The van der Waals surface area contributed by atoms with E-state index in [0.717, 1.165) is 11.8 Å². The molecule has 0 spiro atoms. The highest BCUT2D eigenvalue weighted by Gasteiger charge is 2.18. The van der Waals surface area contributed by atoms with Crippen molar-refractivity contribution >= 4 is 35.1 Å². The normalized spacial score (nSPS) is 11.5. The molecule has 0 aliphatic rings. The Bertz CT molecular complexity index is 908. The van der Waals surface area contributed by atoms with E-state index >= 15 is 0 Å². The number of nitrogens with zero attached hydrogens (tertiary/aromatic N) is 1. The number of thioether (sulfide) groups is 1. The number of anilines is 1. The highest BCUT2D eigenvalue weighted by Crippen LogP contribution is 2.23. The smallest absolute Gasteiger partial charge is 0.311 e. The highest BCUT2D eigenvalue weighted by molar-refractivity contribution is 8.00. The minimum absolute atomic E-state index is 0.124. The molecular formula is C18H19N3O5S. The van der Waals surface area contributed by atoms with Crippen LogP contribution < -0.4 is 10.9 Å². The molecule has 1 aromatic carbocycles. The second-order valence-corrected chi connectivity index (χ2v) is 7.01. The van der Waals surface area contributed by atoms with Crippen LogP contribution in [0.4, 0.5) is 5.69 Å². The maximum Gasteiger partial charge on any atom is 0.311 e. The van der Waals surface area contributed by atoms with Gasteiger partial charge in [0, 0.05) is 24.2 Å². The predicted octanol–water partition coefficient (Wildman–Crippen LogP) is 1.81. The fourth-order valence-corrected chi connectivity index (χ4v) is 3.13. The van der Waals surface area contributed by atoms with Gasteiger partial charge in [-0.15, -0.1) is 0 Å². The van der Waals surface area contributed by atoms with Crippen LogP contribution in [0.2, 0.25) is 0 Å². The number of methoxy groups -OCH3 is 1. The number of Topliss-reactive ketones (excluding diaryl/α,β-unsaturated/α-hetero) is 1. The summed E-state index contributed by atoms with van der Waals surface area (Å²) in [6, 6.07) is 7.74. The third-order valence-corrected chi connectivity index (χ3v) is 4.46. The number of ketones is 1. The van der Waals surface area contributed by atoms with Crippen molar-refractivity contribution in [3.05, 3.63) is 51.9 Å². The number of aromatic nitrogens is 2. The average molecular weight is 389 g/mol. The van der Waals surface area contributed by atoms with Crippen LogP contribution in [0.15, 0.2) is 40.3 Å². The molecule has 1 atom stereocenters. The quantitative estimate of drug-likeness (QED) is 0.321. The topological polar surface area (TPSA) is 118 Å². The van der Waals surface area contributed by atoms with Gasteiger partial charge in [0.2, 0.25) is 5.91 Å². The van der Waals surface area contributed by atoms with Crippen LogP contribution in [0, 0.1) is 0 Å². The molecule has 0 unspecified atom stereocenters. The third kappa shape index (κ3) is 6.07. The first-order valence-corrected chi connectivity index (χ1v) is 8.92. The molecule has 8 nitrogen and oxygen atoms in total. The number of carbonyl (C=O) groups is 3. The lowest BCUT2D eigenvalue weighted by Crippen LogP contribution is -2.18. The number of amides is 1. The van der Waals surface area contributed by atoms with E-state index in [2.05, 4.69) is 20.0 Å². The number of nitrogens with one attached hydrogen (secondary N) is 2. The Balaban J connectivity index is 2.10. The zero-order valence-corrected chi connectivity index (χ0v) is 15.9. The van der Waals surface area contributed by atoms with Gasteiger partial charge in [0.1, 0.15) is 0 Å². The fourth-order valence-electron chi connectivity index (χ4n) is 2.23. The third-order valence-electron chi connectivity index (χ3n) is 3.47. The molecule has 2 rings (SSSR count). The van der Waals surface area contributed by atoms with E-state index < -0.39 is 16.8 Å². The summed E-state index contributed by atoms with van der Waals surface area (Å²) in [7, 11) is 1.25. The summed E-state index contributed by atoms with van der Waals surface area (Å²) in [5.74, 6) is -0.859. The van der Waals surface area contributed by atoms with Gasteiger partial charge in [-0.05, 0) is 31.2 Å². The lowest BCUT2D eigenvalue weighted by molar-refractivity contribution is -0.139. The van der Waals surface area contributed by atoms with Crippen molar-refractivity contribution in [2.45, 2.75) is 30.7 Å². The Morgan fingerprint density at radius 3 is 2.52 bits per heavy atom. The van der Waals surface area contributed by atoms with Crippen molar-refractivity contribution < 1.29 is 19.1 Å². The summed E-state index contributed by atoms with van der Waals surface area (Å²) in [6.07, 6.45) is -0.124. The van der Waals surface area contributed by atoms with Crippen molar-refractivity contribution in [1.29, 1.82) is 0 Å². The first kappa shape index (κ1) is 20.4. The number of H-pyrrole nitrogens is 1. The van der Waals surface area contributed by atoms with Crippen LogP contribution in [0.3, 0.4) is 0 Å². The Hall–Kier alpha value is -2.94. The molecule has 0 aliphatic carbocycles. The monoisotopic (exact) mass is 389 g/mol. The van der Waals surface area contributed by atoms with E-state index in [1.807, 2.05) is 0 Å². The Labute approximate surface area is 159 Å². The number of esters is 1. The van der Waals surface area contributed by atoms with E-state index in [1.54, 1.807) is 31.2 Å². The summed E-state index contributed by atoms with van der Waals surface area (Å²) in [6.45, 7) is 3.10. The van der Waals surface area contributed by atoms with Crippen LogP contribution in [0.5, 0.6) is 0 Å². The van der Waals surface area contributed by atoms with Gasteiger partial charge in [-0.2, -0.15) is 0 Å². The van der Waals surface area contributed by atoms with Crippen LogP contribution in [-0.2, 0) is 20.7 Å². The standard InChI is InChI=1S/C18H19N3O5S/c1-10(17(25)12-4-6-13(7-5-12)19-11(2)22)27-18-20-14(8-15(23)21-18)9-16(24)26-3/h4-8,10H,9H2,1-3H3,(H,19,22)(H,20,21,23)/t10-/m0/s1. The number of benzene rings is 1. The second-order valence-electron chi connectivity index (χ2n) is 5.68. The molecule has 2 N–H and O–H groups in total. The van der Waals surface area contributed by atoms with E-state index in [1.165, 1.54) is 20.1 Å². The maximum atomic E-state index is 12.6. The minimum atomic E-state index is -0.520. The molecular weight excluding hydrogens is 370 g/mol. The maximum absolute atomic E-state index is 12.6. The van der Waals surface area contributed by atoms with E-state index in [4.69, 9.17) is 0 Å². The van der Waals surface area contributed by atoms with Gasteiger partial charge in [-0.1, -0.05) is 11.8 Å². The summed E-state index contributed by atoms with van der Waals surface area (Å²) in [4.78, 5) is 53.5. The van der Waals surface area contributed by atoms with Crippen LogP contribution in [0.25, 0.3) is 0 Å². The molecule has 0 saturated heterocycles. The summed E-state index contributed by atoms with van der Waals surface area (Å²) < 4.78 is 4.57. The lowest BCUT2D eigenvalue weighted by atomic mass is 10.1. The first-order valence-electron chi connectivity index (χ1n) is 8.04. The van der Waals surface area contributed by atoms with Gasteiger partial charge in [-0.3, -0.25) is 19.2 Å². The highest BCUT2D eigenvalue weighted by atomic mass is 32.2. The molecule has 0 radical (unpaired) electrons. The molecule has 0 aliphatic heterocycles. The Kier molecular flexibility index (Phi) is 6.89. The van der Waals surface area contributed by atoms with E-state index in [0.29, 0.717) is 11.3 Å². The van der Waals surface area contributed by atoms with Gasteiger partial charge < -0.3 is 15.0 Å². The number of ether oxygens (including phenoxy) is 1. The Morgan fingerprint density at radius 1 is 1.26 bits per heavy atom. The first-order chi connectivity index (χ1) is 12.8. The summed E-state index contributed by atoms with van der Waals surface area (Å²) >= 11 is 1.09. The van der Waals surface area contributed by atoms with Gasteiger partial charge in [-0.25, -0.2) is 4.98 Å². The van der Waals surface area contributed by atoms with Crippen molar-refractivity contribution in [2.24, 2.45) is 0 Å². The van der Waals surface area contributed by atoms with Gasteiger partial charge >= 0.3 is 5.97 Å². The van der Waals surface area contributed by atoms with E-state index in [-0.39, 0.29) is 29.0 Å². The number of hydrogen-bond acceptors (Lipinski definition) is 7. The SMILES string of the molecule is COC(=O)Cc1cc(=O)[nH]c(S[C@@H](C)C(=O)c2ccc(NC(C)=O)cc2)n1. The predicted molar refractivity (Wildman–Crippen MR) is 101 cm³/mol. The summed E-state index contributed by atoms with van der Waals surface area (Å²) in [5, 5.41) is 2.36. The second kappa shape index (κ2) is 9.13. The molecule has 1 heterocycles. The van der Waals surface area contributed by atoms with Crippen LogP contribution >= 0.6 is 11.8 Å². The number of carbonyl (C=O) groups excluding carboxylic acids is 3. The van der Waals surface area contributed by atoms with Crippen molar-refractivity contribution in [3.63, 3.8) is 0 Å². The Morgan fingerprint density at radius 2 is 1.93 bits per heavy atom. The molecule has 0 bridgehead atoms. The van der Waals surface area contributed by atoms with E-state index in [9.17, 15) is 19.2 Å². The molecule has 1 aromatic heterocycles. The summed E-state index contributed by atoms with van der Waals surface area (Å²) in [5.41, 5.74) is 0.927. The zero-order valence-electron chi connectivity index (χ0n) is 15.1. The largest absolute Gasteiger partial charge is 0.469 e. The van der Waals surface area contributed by atoms with Gasteiger partial charge in [0.05, 0.1) is 24.5 Å². The molecule has 0 fully saturated rings. The minimum Gasteiger partial charge on any atom is -0.469 e.